The van der Waals surface area contributed by atoms with Crippen molar-refractivity contribution in [3.63, 3.8) is 0 Å². The van der Waals surface area contributed by atoms with Gasteiger partial charge in [-0.15, -0.1) is 0 Å². The number of oxazole rings is 1. The van der Waals surface area contributed by atoms with E-state index in [0.717, 1.165) is 25.2 Å². The highest BCUT2D eigenvalue weighted by atomic mass is 32.2. The average Bonchev–Trinajstić information content (AvgIpc) is 2.78. The highest BCUT2D eigenvalue weighted by Crippen LogP contribution is 2.30. The van der Waals surface area contributed by atoms with E-state index >= 15 is 0 Å². The first-order chi connectivity index (χ1) is 9.19. The molecule has 102 valence electrons. The summed E-state index contributed by atoms with van der Waals surface area (Å²) in [5, 5.41) is 4.15. The first-order valence-electron chi connectivity index (χ1n) is 6.59. The number of aromatic nitrogens is 1. The first-order valence-corrected chi connectivity index (χ1v) is 7.41. The van der Waals surface area contributed by atoms with Crippen molar-refractivity contribution < 1.29 is 4.42 Å². The van der Waals surface area contributed by atoms with Crippen molar-refractivity contribution in [2.24, 2.45) is 0 Å². The monoisotopic (exact) mass is 276 g/mol. The van der Waals surface area contributed by atoms with Crippen LogP contribution in [-0.4, -0.2) is 11.5 Å². The third-order valence-corrected chi connectivity index (χ3v) is 3.73. The summed E-state index contributed by atoms with van der Waals surface area (Å²) in [7, 11) is 0. The lowest BCUT2D eigenvalue weighted by Gasteiger charge is -2.09. The molecule has 0 saturated carbocycles. The van der Waals surface area contributed by atoms with Gasteiger partial charge < -0.3 is 9.73 Å². The Morgan fingerprint density at radius 3 is 2.84 bits per heavy atom. The van der Waals surface area contributed by atoms with Gasteiger partial charge >= 0.3 is 0 Å². The van der Waals surface area contributed by atoms with Gasteiger partial charge in [0.05, 0.1) is 5.69 Å². The molecule has 0 saturated heterocycles. The minimum absolute atomic E-state index is 0.707. The second kappa shape index (κ2) is 6.78. The van der Waals surface area contributed by atoms with Gasteiger partial charge in [-0.1, -0.05) is 24.6 Å². The molecule has 0 aliphatic heterocycles. The molecule has 0 aliphatic carbocycles. The zero-order valence-electron chi connectivity index (χ0n) is 11.7. The summed E-state index contributed by atoms with van der Waals surface area (Å²) < 4.78 is 5.41. The molecule has 0 unspecified atom stereocenters. The lowest BCUT2D eigenvalue weighted by molar-refractivity contribution is 0.454. The third-order valence-electron chi connectivity index (χ3n) is 2.75. The first kappa shape index (κ1) is 14.2. The van der Waals surface area contributed by atoms with Crippen molar-refractivity contribution in [2.45, 2.75) is 43.9 Å². The fraction of sp³-hybridized carbons (Fsp3) is 0.400. The van der Waals surface area contributed by atoms with Crippen molar-refractivity contribution in [2.75, 3.05) is 6.54 Å². The van der Waals surface area contributed by atoms with E-state index in [1.807, 2.05) is 6.92 Å². The molecule has 1 N–H and O–H groups in total. The Bertz CT molecular complexity index is 537. The molecule has 3 nitrogen and oxygen atoms in total. The topological polar surface area (TPSA) is 38.1 Å². The Balaban J connectivity index is 2.14. The molecule has 1 aromatic carbocycles. The van der Waals surface area contributed by atoms with Gasteiger partial charge in [-0.2, -0.15) is 0 Å². The molecule has 1 aromatic heterocycles. The number of benzene rings is 1. The van der Waals surface area contributed by atoms with Crippen molar-refractivity contribution in [3.05, 3.63) is 41.3 Å². The van der Waals surface area contributed by atoms with Crippen LogP contribution in [0.4, 0.5) is 0 Å². The van der Waals surface area contributed by atoms with Gasteiger partial charge in [0.25, 0.3) is 5.22 Å². The van der Waals surface area contributed by atoms with Gasteiger partial charge in [-0.25, -0.2) is 4.98 Å². The summed E-state index contributed by atoms with van der Waals surface area (Å²) in [6.07, 6.45) is 2.83. The molecule has 0 atom stereocenters. The molecular formula is C15H20N2OS. The molecule has 0 amide bonds. The minimum Gasteiger partial charge on any atom is -0.439 e. The zero-order chi connectivity index (χ0) is 13.7. The van der Waals surface area contributed by atoms with Crippen LogP contribution >= 0.6 is 11.8 Å². The van der Waals surface area contributed by atoms with E-state index in [-0.39, 0.29) is 0 Å². The van der Waals surface area contributed by atoms with Crippen molar-refractivity contribution in [1.29, 1.82) is 0 Å². The largest absolute Gasteiger partial charge is 0.439 e. The van der Waals surface area contributed by atoms with E-state index in [0.29, 0.717) is 5.22 Å². The minimum atomic E-state index is 0.707. The number of nitrogens with one attached hydrogen (secondary N) is 1. The normalized spacial score (nSPS) is 10.9. The lowest BCUT2D eigenvalue weighted by Crippen LogP contribution is -2.14. The number of hydrogen-bond acceptors (Lipinski definition) is 4. The van der Waals surface area contributed by atoms with Crippen molar-refractivity contribution in [1.82, 2.24) is 10.3 Å². The maximum absolute atomic E-state index is 5.41. The summed E-state index contributed by atoms with van der Waals surface area (Å²) in [4.78, 5) is 5.55. The van der Waals surface area contributed by atoms with E-state index in [9.17, 15) is 0 Å². The summed E-state index contributed by atoms with van der Waals surface area (Å²) in [6, 6.07) is 6.49. The van der Waals surface area contributed by atoms with E-state index in [4.69, 9.17) is 4.42 Å². The molecule has 0 bridgehead atoms. The maximum Gasteiger partial charge on any atom is 0.260 e. The fourth-order valence-electron chi connectivity index (χ4n) is 1.82. The molecule has 2 rings (SSSR count). The van der Waals surface area contributed by atoms with Crippen LogP contribution in [0, 0.1) is 13.8 Å². The fourth-order valence-corrected chi connectivity index (χ4v) is 2.69. The summed E-state index contributed by atoms with van der Waals surface area (Å²) in [5.41, 5.74) is 3.50. The predicted octanol–water partition coefficient (Wildman–Crippen LogP) is 3.94. The van der Waals surface area contributed by atoms with E-state index in [1.54, 1.807) is 18.0 Å². The van der Waals surface area contributed by atoms with Crippen LogP contribution in [0.5, 0.6) is 0 Å². The second-order valence-electron chi connectivity index (χ2n) is 4.64. The van der Waals surface area contributed by atoms with E-state index < -0.39 is 0 Å². The molecule has 19 heavy (non-hydrogen) atoms. The lowest BCUT2D eigenvalue weighted by atomic mass is 10.1. The maximum atomic E-state index is 5.41. The van der Waals surface area contributed by atoms with Gasteiger partial charge in [0.15, 0.2) is 0 Å². The molecule has 0 radical (unpaired) electrons. The van der Waals surface area contributed by atoms with Crippen LogP contribution in [0.3, 0.4) is 0 Å². The number of hydrogen-bond donors (Lipinski definition) is 1. The predicted molar refractivity (Wildman–Crippen MR) is 78.5 cm³/mol. The standard InChI is InChI=1S/C15H20N2OS/c1-4-7-16-9-13-8-11(2)5-6-14(13)19-15-17-12(3)10-18-15/h5-6,8,10,16H,4,7,9H2,1-3H3. The van der Waals surface area contributed by atoms with Gasteiger partial charge in [-0.3, -0.25) is 0 Å². The average molecular weight is 276 g/mol. The summed E-state index contributed by atoms with van der Waals surface area (Å²) in [5.74, 6) is 0. The smallest absolute Gasteiger partial charge is 0.260 e. The Hall–Kier alpha value is -1.26. The molecule has 0 fully saturated rings. The van der Waals surface area contributed by atoms with Gasteiger partial charge in [0.2, 0.25) is 0 Å². The van der Waals surface area contributed by atoms with E-state index in [1.165, 1.54) is 16.0 Å². The third kappa shape index (κ3) is 4.11. The Morgan fingerprint density at radius 2 is 2.16 bits per heavy atom. The Labute approximate surface area is 118 Å². The summed E-state index contributed by atoms with van der Waals surface area (Å²) in [6.45, 7) is 8.15. The molecule has 0 spiro atoms. The quantitative estimate of drug-likeness (QED) is 0.811. The van der Waals surface area contributed by atoms with Crippen LogP contribution in [0.1, 0.15) is 30.2 Å². The zero-order valence-corrected chi connectivity index (χ0v) is 12.5. The van der Waals surface area contributed by atoms with Gasteiger partial charge in [-0.05, 0) is 50.2 Å². The van der Waals surface area contributed by atoms with Crippen molar-refractivity contribution in [3.8, 4) is 0 Å². The molecule has 4 heteroatoms. The van der Waals surface area contributed by atoms with Crippen LogP contribution in [0.2, 0.25) is 0 Å². The highest BCUT2D eigenvalue weighted by molar-refractivity contribution is 7.99. The molecule has 1 heterocycles. The molecule has 0 aliphatic rings. The molecule has 2 aromatic rings. The van der Waals surface area contributed by atoms with Crippen LogP contribution in [0.15, 0.2) is 39.0 Å². The highest BCUT2D eigenvalue weighted by Gasteiger charge is 2.08. The number of nitrogens with zero attached hydrogens (tertiary/aromatic N) is 1. The van der Waals surface area contributed by atoms with Gasteiger partial charge in [0, 0.05) is 11.4 Å². The number of aryl methyl sites for hydroxylation is 2. The second-order valence-corrected chi connectivity index (χ2v) is 5.64. The van der Waals surface area contributed by atoms with Crippen LogP contribution in [0.25, 0.3) is 0 Å². The molecular weight excluding hydrogens is 256 g/mol. The van der Waals surface area contributed by atoms with Crippen molar-refractivity contribution >= 4 is 11.8 Å². The Morgan fingerprint density at radius 1 is 1.32 bits per heavy atom. The van der Waals surface area contributed by atoms with Crippen LogP contribution < -0.4 is 5.32 Å². The van der Waals surface area contributed by atoms with Crippen LogP contribution in [-0.2, 0) is 6.54 Å². The van der Waals surface area contributed by atoms with Gasteiger partial charge in [0.1, 0.15) is 6.26 Å². The summed E-state index contributed by atoms with van der Waals surface area (Å²) >= 11 is 1.58. The number of rotatable bonds is 6. The van der Waals surface area contributed by atoms with E-state index in [2.05, 4.69) is 42.3 Å². The Kier molecular flexibility index (Phi) is 5.05. The SMILES string of the molecule is CCCNCc1cc(C)ccc1Sc1nc(C)co1.